The van der Waals surface area contributed by atoms with Gasteiger partial charge in [0.25, 0.3) is 0 Å². The lowest BCUT2D eigenvalue weighted by atomic mass is 9.94. The molecule has 2 rings (SSSR count). The highest BCUT2D eigenvalue weighted by molar-refractivity contribution is 5.48. The first-order valence-electron chi connectivity index (χ1n) is 5.88. The number of hydrogen-bond acceptors (Lipinski definition) is 2. The van der Waals surface area contributed by atoms with E-state index in [2.05, 4.69) is 39.8 Å². The first-order chi connectivity index (χ1) is 7.43. The zero-order valence-corrected chi connectivity index (χ0v) is 10.5. The third kappa shape index (κ3) is 1.94. The highest BCUT2D eigenvalue weighted by Gasteiger charge is 2.32. The summed E-state index contributed by atoms with van der Waals surface area (Å²) in [5.74, 6) is 1.39. The number of aliphatic hydroxyl groups excluding tert-OH is 1. The summed E-state index contributed by atoms with van der Waals surface area (Å²) >= 11 is 0. The van der Waals surface area contributed by atoms with Crippen molar-refractivity contribution in [3.8, 4) is 5.75 Å². The van der Waals surface area contributed by atoms with Gasteiger partial charge in [0.05, 0.1) is 6.61 Å². The van der Waals surface area contributed by atoms with Crippen LogP contribution in [0.4, 0.5) is 0 Å². The Labute approximate surface area is 97.3 Å². The molecule has 1 heterocycles. The minimum Gasteiger partial charge on any atom is -0.487 e. The van der Waals surface area contributed by atoms with Gasteiger partial charge in [0.15, 0.2) is 0 Å². The van der Waals surface area contributed by atoms with Gasteiger partial charge in [-0.1, -0.05) is 19.9 Å². The zero-order chi connectivity index (χ0) is 11.9. The van der Waals surface area contributed by atoms with E-state index in [1.807, 2.05) is 0 Å². The molecule has 2 heteroatoms. The molecule has 1 aromatic carbocycles. The molecule has 0 saturated carbocycles. The minimum absolute atomic E-state index is 0.0545. The van der Waals surface area contributed by atoms with E-state index in [9.17, 15) is 5.11 Å². The van der Waals surface area contributed by atoms with Gasteiger partial charge in [-0.05, 0) is 37.0 Å². The molecule has 1 aliphatic heterocycles. The normalized spacial score (nSPS) is 17.4. The van der Waals surface area contributed by atoms with E-state index >= 15 is 0 Å². The van der Waals surface area contributed by atoms with Crippen molar-refractivity contribution in [3.05, 3.63) is 28.8 Å². The lowest BCUT2D eigenvalue weighted by Crippen LogP contribution is -2.24. The van der Waals surface area contributed by atoms with E-state index in [4.69, 9.17) is 4.74 Å². The smallest absolute Gasteiger partial charge is 0.128 e. The highest BCUT2D eigenvalue weighted by Crippen LogP contribution is 2.39. The molecule has 0 unspecified atom stereocenters. The molecule has 0 atom stereocenters. The third-order valence-corrected chi connectivity index (χ3v) is 3.10. The fraction of sp³-hybridized carbons (Fsp3) is 0.571. The van der Waals surface area contributed by atoms with Crippen LogP contribution >= 0.6 is 0 Å². The molecule has 0 bridgehead atoms. The maximum Gasteiger partial charge on any atom is 0.128 e. The van der Waals surface area contributed by atoms with Crippen molar-refractivity contribution in [3.63, 3.8) is 0 Å². The minimum atomic E-state index is -0.137. The van der Waals surface area contributed by atoms with E-state index in [0.29, 0.717) is 5.92 Å². The molecule has 1 aromatic rings. The Morgan fingerprint density at radius 1 is 1.38 bits per heavy atom. The first kappa shape index (κ1) is 11.5. The lowest BCUT2D eigenvalue weighted by Gasteiger charge is -2.18. The quantitative estimate of drug-likeness (QED) is 0.830. The summed E-state index contributed by atoms with van der Waals surface area (Å²) in [6, 6.07) is 4.28. The zero-order valence-electron chi connectivity index (χ0n) is 10.5. The molecule has 0 fully saturated rings. The average molecular weight is 220 g/mol. The number of rotatable bonds is 2. The van der Waals surface area contributed by atoms with Gasteiger partial charge in [0.2, 0.25) is 0 Å². The van der Waals surface area contributed by atoms with Gasteiger partial charge in [-0.15, -0.1) is 0 Å². The van der Waals surface area contributed by atoms with E-state index in [1.54, 1.807) is 0 Å². The van der Waals surface area contributed by atoms with Crippen LogP contribution in [-0.2, 0) is 13.0 Å². The lowest BCUT2D eigenvalue weighted by molar-refractivity contribution is 0.134. The predicted octanol–water partition coefficient (Wildman–Crippen LogP) is 3.02. The number of hydrogen-bond donors (Lipinski definition) is 1. The second kappa shape index (κ2) is 3.77. The molecule has 1 aliphatic rings. The van der Waals surface area contributed by atoms with Crippen molar-refractivity contribution in [2.45, 2.75) is 52.2 Å². The largest absolute Gasteiger partial charge is 0.487 e. The maximum atomic E-state index is 9.40. The Morgan fingerprint density at radius 3 is 2.62 bits per heavy atom. The molecule has 1 N–H and O–H groups in total. The molecule has 16 heavy (non-hydrogen) atoms. The van der Waals surface area contributed by atoms with Gasteiger partial charge in [-0.3, -0.25) is 0 Å². The Morgan fingerprint density at radius 2 is 2.06 bits per heavy atom. The van der Waals surface area contributed by atoms with Gasteiger partial charge in [-0.25, -0.2) is 0 Å². The molecule has 0 spiro atoms. The third-order valence-electron chi connectivity index (χ3n) is 3.10. The van der Waals surface area contributed by atoms with Crippen LogP contribution in [0.2, 0.25) is 0 Å². The molecule has 2 nitrogen and oxygen atoms in total. The van der Waals surface area contributed by atoms with Crippen LogP contribution in [0.1, 0.15) is 50.3 Å². The van der Waals surface area contributed by atoms with Gasteiger partial charge in [0, 0.05) is 12.0 Å². The standard InChI is InChI=1S/C14H20O2/c1-9(2)10-5-11-7-14(3,4)16-13(11)12(6-10)8-15/h5-6,9,15H,7-8H2,1-4H3. The van der Waals surface area contributed by atoms with Crippen molar-refractivity contribution in [2.75, 3.05) is 0 Å². The SMILES string of the molecule is CC(C)c1cc(CO)c2c(c1)CC(C)(C)O2. The van der Waals surface area contributed by atoms with Crippen LogP contribution < -0.4 is 4.74 Å². The van der Waals surface area contributed by atoms with Crippen LogP contribution in [-0.4, -0.2) is 10.7 Å². The van der Waals surface area contributed by atoms with Gasteiger partial charge < -0.3 is 9.84 Å². The summed E-state index contributed by atoms with van der Waals surface area (Å²) in [6.45, 7) is 8.57. The second-order valence-electron chi connectivity index (χ2n) is 5.52. The number of aliphatic hydroxyl groups is 1. The van der Waals surface area contributed by atoms with Crippen LogP contribution in [0.25, 0.3) is 0 Å². The summed E-state index contributed by atoms with van der Waals surface area (Å²) < 4.78 is 5.89. The average Bonchev–Trinajstić information content (AvgIpc) is 2.49. The summed E-state index contributed by atoms with van der Waals surface area (Å²) in [7, 11) is 0. The van der Waals surface area contributed by atoms with Crippen molar-refractivity contribution >= 4 is 0 Å². The van der Waals surface area contributed by atoms with E-state index in [1.165, 1.54) is 11.1 Å². The predicted molar refractivity (Wildman–Crippen MR) is 64.9 cm³/mol. The second-order valence-corrected chi connectivity index (χ2v) is 5.52. The van der Waals surface area contributed by atoms with Crippen LogP contribution in [0.3, 0.4) is 0 Å². The number of fused-ring (bicyclic) bond motifs is 1. The molecular formula is C14H20O2. The number of ether oxygens (including phenoxy) is 1. The van der Waals surface area contributed by atoms with Crippen molar-refractivity contribution in [1.29, 1.82) is 0 Å². The Hall–Kier alpha value is -1.02. The molecule has 0 radical (unpaired) electrons. The van der Waals surface area contributed by atoms with E-state index in [0.717, 1.165) is 17.7 Å². The van der Waals surface area contributed by atoms with Crippen LogP contribution in [0, 0.1) is 0 Å². The Bertz CT molecular complexity index is 405. The summed E-state index contributed by atoms with van der Waals surface area (Å²) in [5, 5.41) is 9.40. The number of benzene rings is 1. The fourth-order valence-electron chi connectivity index (χ4n) is 2.27. The Kier molecular flexibility index (Phi) is 2.70. The maximum absolute atomic E-state index is 9.40. The Balaban J connectivity index is 2.49. The van der Waals surface area contributed by atoms with E-state index < -0.39 is 0 Å². The molecule has 0 saturated heterocycles. The van der Waals surface area contributed by atoms with Gasteiger partial charge in [-0.2, -0.15) is 0 Å². The molecular weight excluding hydrogens is 200 g/mol. The van der Waals surface area contributed by atoms with Gasteiger partial charge in [0.1, 0.15) is 11.4 Å². The van der Waals surface area contributed by atoms with Crippen molar-refractivity contribution in [1.82, 2.24) is 0 Å². The van der Waals surface area contributed by atoms with E-state index in [-0.39, 0.29) is 12.2 Å². The van der Waals surface area contributed by atoms with Crippen molar-refractivity contribution < 1.29 is 9.84 Å². The topological polar surface area (TPSA) is 29.5 Å². The summed E-state index contributed by atoms with van der Waals surface area (Å²) in [4.78, 5) is 0. The van der Waals surface area contributed by atoms with Gasteiger partial charge >= 0.3 is 0 Å². The molecule has 88 valence electrons. The monoisotopic (exact) mass is 220 g/mol. The highest BCUT2D eigenvalue weighted by atomic mass is 16.5. The molecule has 0 amide bonds. The fourth-order valence-corrected chi connectivity index (χ4v) is 2.27. The summed E-state index contributed by atoms with van der Waals surface area (Å²) in [6.07, 6.45) is 0.926. The molecule has 0 aliphatic carbocycles. The summed E-state index contributed by atoms with van der Waals surface area (Å²) in [5.41, 5.74) is 3.30. The molecule has 0 aromatic heterocycles. The van der Waals surface area contributed by atoms with Crippen LogP contribution in [0.15, 0.2) is 12.1 Å². The first-order valence-corrected chi connectivity index (χ1v) is 5.88. The van der Waals surface area contributed by atoms with Crippen molar-refractivity contribution in [2.24, 2.45) is 0 Å². The van der Waals surface area contributed by atoms with Crippen LogP contribution in [0.5, 0.6) is 5.75 Å².